The van der Waals surface area contributed by atoms with Gasteiger partial charge < -0.3 is 11.1 Å². The molecule has 0 aliphatic carbocycles. The lowest BCUT2D eigenvalue weighted by atomic mass is 10.1. The van der Waals surface area contributed by atoms with Crippen LogP contribution in [0.2, 0.25) is 0 Å². The van der Waals surface area contributed by atoms with Crippen LogP contribution < -0.4 is 16.6 Å². The molecule has 3 rings (SSSR count). The molecule has 22 heavy (non-hydrogen) atoms. The summed E-state index contributed by atoms with van der Waals surface area (Å²) in [5.41, 5.74) is 6.91. The van der Waals surface area contributed by atoms with E-state index in [9.17, 15) is 9.18 Å². The summed E-state index contributed by atoms with van der Waals surface area (Å²) in [6.45, 7) is 1.00. The van der Waals surface area contributed by atoms with E-state index in [0.717, 1.165) is 11.1 Å². The van der Waals surface area contributed by atoms with E-state index >= 15 is 0 Å². The highest BCUT2D eigenvalue weighted by atomic mass is 32.1. The van der Waals surface area contributed by atoms with Gasteiger partial charge in [-0.1, -0.05) is 12.1 Å². The Hall–Kier alpha value is -2.25. The van der Waals surface area contributed by atoms with Gasteiger partial charge in [0.05, 0.1) is 5.39 Å². The topological polar surface area (TPSA) is 72.9 Å². The molecule has 0 saturated heterocycles. The van der Waals surface area contributed by atoms with Crippen molar-refractivity contribution in [1.82, 2.24) is 9.55 Å². The Morgan fingerprint density at radius 1 is 1.36 bits per heavy atom. The number of anilines is 1. The maximum Gasteiger partial charge on any atom is 0.264 e. The van der Waals surface area contributed by atoms with E-state index < -0.39 is 0 Å². The van der Waals surface area contributed by atoms with E-state index in [1.54, 1.807) is 19.2 Å². The second-order valence-corrected chi connectivity index (χ2v) is 5.71. The van der Waals surface area contributed by atoms with Gasteiger partial charge in [0, 0.05) is 31.1 Å². The molecule has 0 atom stereocenters. The fraction of sp³-hybridized carbons (Fsp3) is 0.200. The molecule has 0 unspecified atom stereocenters. The summed E-state index contributed by atoms with van der Waals surface area (Å²) in [7, 11) is 1.67. The number of benzene rings is 1. The molecule has 0 radical (unpaired) electrons. The minimum Gasteiger partial charge on any atom is -0.354 e. The quantitative estimate of drug-likeness (QED) is 0.773. The van der Waals surface area contributed by atoms with Crippen molar-refractivity contribution in [2.45, 2.75) is 0 Å². The average Bonchev–Trinajstić information content (AvgIpc) is 2.94. The minimum atomic E-state index is -0.303. The van der Waals surface area contributed by atoms with Crippen LogP contribution in [0, 0.1) is 5.82 Å². The Kier molecular flexibility index (Phi) is 3.91. The molecule has 2 heterocycles. The smallest absolute Gasteiger partial charge is 0.264 e. The molecule has 1 aromatic carbocycles. The van der Waals surface area contributed by atoms with Crippen LogP contribution in [0.5, 0.6) is 0 Å². The van der Waals surface area contributed by atoms with Gasteiger partial charge in [-0.3, -0.25) is 9.36 Å². The third kappa shape index (κ3) is 2.49. The first-order valence-corrected chi connectivity index (χ1v) is 7.68. The monoisotopic (exact) mass is 318 g/mol. The van der Waals surface area contributed by atoms with Crippen LogP contribution in [0.1, 0.15) is 0 Å². The van der Waals surface area contributed by atoms with Crippen molar-refractivity contribution in [3.8, 4) is 11.1 Å². The number of hydrogen-bond donors (Lipinski definition) is 2. The Morgan fingerprint density at radius 2 is 2.09 bits per heavy atom. The Morgan fingerprint density at radius 3 is 2.77 bits per heavy atom. The average molecular weight is 318 g/mol. The summed E-state index contributed by atoms with van der Waals surface area (Å²) in [4.78, 5) is 17.8. The highest BCUT2D eigenvalue weighted by Crippen LogP contribution is 2.31. The number of nitrogens with zero attached hydrogens (tertiary/aromatic N) is 2. The number of rotatable bonds is 4. The Bertz CT molecular complexity index is 870. The number of halogens is 1. The first kappa shape index (κ1) is 14.7. The van der Waals surface area contributed by atoms with Crippen molar-refractivity contribution in [2.24, 2.45) is 12.8 Å². The summed E-state index contributed by atoms with van der Waals surface area (Å²) in [6.07, 6.45) is 0. The van der Waals surface area contributed by atoms with Gasteiger partial charge in [-0.25, -0.2) is 9.37 Å². The van der Waals surface area contributed by atoms with Crippen LogP contribution in [0.25, 0.3) is 21.3 Å². The zero-order chi connectivity index (χ0) is 15.7. The number of fused-ring (bicyclic) bond motifs is 1. The molecule has 7 heteroatoms. The van der Waals surface area contributed by atoms with Crippen molar-refractivity contribution in [3.05, 3.63) is 45.8 Å². The van der Waals surface area contributed by atoms with Gasteiger partial charge >= 0.3 is 0 Å². The molecule has 0 amide bonds. The van der Waals surface area contributed by atoms with Crippen molar-refractivity contribution in [2.75, 3.05) is 18.4 Å². The normalized spacial score (nSPS) is 11.0. The van der Waals surface area contributed by atoms with E-state index in [4.69, 9.17) is 5.73 Å². The van der Waals surface area contributed by atoms with E-state index in [1.807, 2.05) is 5.38 Å². The maximum absolute atomic E-state index is 13.1. The van der Waals surface area contributed by atoms with Crippen LogP contribution in [-0.2, 0) is 7.05 Å². The highest BCUT2D eigenvalue weighted by molar-refractivity contribution is 7.17. The van der Waals surface area contributed by atoms with Gasteiger partial charge in [0.1, 0.15) is 10.6 Å². The number of nitrogens with two attached hydrogens (primary N) is 1. The van der Waals surface area contributed by atoms with Crippen LogP contribution in [0.15, 0.2) is 34.4 Å². The molecular weight excluding hydrogens is 303 g/mol. The molecule has 3 aromatic rings. The molecule has 5 nitrogen and oxygen atoms in total. The Balaban J connectivity index is 2.17. The van der Waals surface area contributed by atoms with E-state index in [-0.39, 0.29) is 11.4 Å². The predicted molar refractivity (Wildman–Crippen MR) is 87.8 cm³/mol. The van der Waals surface area contributed by atoms with Gasteiger partial charge in [-0.05, 0) is 17.7 Å². The van der Waals surface area contributed by atoms with Crippen LogP contribution in [-0.4, -0.2) is 22.6 Å². The molecule has 0 saturated carbocycles. The summed E-state index contributed by atoms with van der Waals surface area (Å²) in [5, 5.41) is 5.46. The maximum atomic E-state index is 13.1. The van der Waals surface area contributed by atoms with E-state index in [0.29, 0.717) is 29.3 Å². The zero-order valence-electron chi connectivity index (χ0n) is 12.0. The van der Waals surface area contributed by atoms with Gasteiger partial charge in [0.2, 0.25) is 5.95 Å². The van der Waals surface area contributed by atoms with Crippen LogP contribution in [0.3, 0.4) is 0 Å². The number of thiophene rings is 1. The SMILES string of the molecule is Cn1c(NCCN)nc2scc(-c3ccc(F)cc3)c2c1=O. The zero-order valence-corrected chi connectivity index (χ0v) is 12.8. The first-order valence-electron chi connectivity index (χ1n) is 6.80. The molecule has 0 bridgehead atoms. The van der Waals surface area contributed by atoms with Gasteiger partial charge in [0.15, 0.2) is 0 Å². The van der Waals surface area contributed by atoms with Gasteiger partial charge in [0.25, 0.3) is 5.56 Å². The fourth-order valence-corrected chi connectivity index (χ4v) is 3.19. The number of nitrogens with one attached hydrogen (secondary N) is 1. The van der Waals surface area contributed by atoms with Crippen molar-refractivity contribution in [3.63, 3.8) is 0 Å². The summed E-state index contributed by atoms with van der Waals surface area (Å²) in [6, 6.07) is 6.09. The van der Waals surface area contributed by atoms with Crippen LogP contribution in [0.4, 0.5) is 10.3 Å². The third-order valence-corrected chi connectivity index (χ3v) is 4.27. The molecular formula is C15H15FN4OS. The third-order valence-electron chi connectivity index (χ3n) is 3.40. The fourth-order valence-electron chi connectivity index (χ4n) is 2.26. The standard InChI is InChI=1S/C15H15FN4OS/c1-20-14(21)12-11(9-2-4-10(16)5-3-9)8-22-13(12)19-15(20)18-7-6-17/h2-5,8H,6-7,17H2,1H3,(H,18,19). The van der Waals surface area contributed by atoms with Gasteiger partial charge in [-0.15, -0.1) is 11.3 Å². The van der Waals surface area contributed by atoms with E-state index in [2.05, 4.69) is 10.3 Å². The second kappa shape index (κ2) is 5.86. The molecule has 0 fully saturated rings. The lowest BCUT2D eigenvalue weighted by Gasteiger charge is -2.09. The number of aromatic nitrogens is 2. The molecule has 114 valence electrons. The molecule has 2 aromatic heterocycles. The lowest BCUT2D eigenvalue weighted by molar-refractivity contribution is 0.628. The summed E-state index contributed by atoms with van der Waals surface area (Å²) < 4.78 is 14.5. The minimum absolute atomic E-state index is 0.134. The van der Waals surface area contributed by atoms with Crippen LogP contribution >= 0.6 is 11.3 Å². The lowest BCUT2D eigenvalue weighted by Crippen LogP contribution is -2.24. The molecule has 0 aliphatic heterocycles. The summed E-state index contributed by atoms with van der Waals surface area (Å²) >= 11 is 1.39. The Labute approximate surface area is 130 Å². The summed E-state index contributed by atoms with van der Waals surface area (Å²) in [5.74, 6) is 0.193. The van der Waals surface area contributed by atoms with Crippen molar-refractivity contribution >= 4 is 27.5 Å². The molecule has 3 N–H and O–H groups in total. The predicted octanol–water partition coefficient (Wildman–Crippen LogP) is 2.17. The first-order chi connectivity index (χ1) is 10.6. The van der Waals surface area contributed by atoms with E-state index in [1.165, 1.54) is 28.0 Å². The molecule has 0 spiro atoms. The number of hydrogen-bond acceptors (Lipinski definition) is 5. The van der Waals surface area contributed by atoms with Crippen molar-refractivity contribution in [1.29, 1.82) is 0 Å². The highest BCUT2D eigenvalue weighted by Gasteiger charge is 2.15. The van der Waals surface area contributed by atoms with Crippen molar-refractivity contribution < 1.29 is 4.39 Å². The van der Waals surface area contributed by atoms with Gasteiger partial charge in [-0.2, -0.15) is 0 Å². The largest absolute Gasteiger partial charge is 0.354 e. The second-order valence-electron chi connectivity index (χ2n) is 4.85. The molecule has 0 aliphatic rings.